The molecule has 2 aromatic heterocycles. The Hall–Kier alpha value is -2.02. The van der Waals surface area contributed by atoms with E-state index in [-0.39, 0.29) is 31.0 Å². The fourth-order valence-electron chi connectivity index (χ4n) is 2.53. The third kappa shape index (κ3) is 2.56. The van der Waals surface area contributed by atoms with Gasteiger partial charge in [-0.25, -0.2) is 13.8 Å². The standard InChI is InChI=1S/C15H18F2N4O/c1-14(9-15(14,16)17)4-5-19-13(22)11-8-21-7-10(6-18)2-3-12(21)20-11/h2-3,7-8H,4-6,9,18H2,1H3,(H,19,22). The third-order valence-electron chi connectivity index (χ3n) is 4.31. The number of pyridine rings is 1. The lowest BCUT2D eigenvalue weighted by Gasteiger charge is -2.09. The Morgan fingerprint density at radius 2 is 2.18 bits per heavy atom. The number of carbonyl (C=O) groups excluding carboxylic acids is 1. The number of hydrogen-bond donors (Lipinski definition) is 2. The van der Waals surface area contributed by atoms with Crippen LogP contribution in [0.1, 0.15) is 35.8 Å². The highest BCUT2D eigenvalue weighted by molar-refractivity contribution is 5.92. The van der Waals surface area contributed by atoms with E-state index in [2.05, 4.69) is 10.3 Å². The minimum Gasteiger partial charge on any atom is -0.351 e. The lowest BCUT2D eigenvalue weighted by atomic mass is 10.1. The molecule has 1 unspecified atom stereocenters. The summed E-state index contributed by atoms with van der Waals surface area (Å²) in [5.41, 5.74) is 6.43. The van der Waals surface area contributed by atoms with Crippen LogP contribution in [0.2, 0.25) is 0 Å². The summed E-state index contributed by atoms with van der Waals surface area (Å²) in [7, 11) is 0. The molecule has 3 N–H and O–H groups in total. The first-order valence-corrected chi connectivity index (χ1v) is 7.18. The number of fused-ring (bicyclic) bond motifs is 1. The van der Waals surface area contributed by atoms with E-state index in [0.29, 0.717) is 12.2 Å². The second kappa shape index (κ2) is 5.01. The molecule has 0 aliphatic heterocycles. The molecule has 1 fully saturated rings. The van der Waals surface area contributed by atoms with Crippen LogP contribution in [-0.4, -0.2) is 27.8 Å². The van der Waals surface area contributed by atoms with Crippen LogP contribution >= 0.6 is 0 Å². The summed E-state index contributed by atoms with van der Waals surface area (Å²) < 4.78 is 27.9. The Morgan fingerprint density at radius 3 is 2.82 bits per heavy atom. The van der Waals surface area contributed by atoms with E-state index >= 15 is 0 Å². The summed E-state index contributed by atoms with van der Waals surface area (Å²) >= 11 is 0. The lowest BCUT2D eigenvalue weighted by Crippen LogP contribution is -2.27. The average Bonchev–Trinajstić information content (AvgIpc) is 2.84. The highest BCUT2D eigenvalue weighted by Gasteiger charge is 2.66. The Bertz CT molecular complexity index is 727. The maximum atomic E-state index is 13.1. The van der Waals surface area contributed by atoms with Crippen molar-refractivity contribution in [2.24, 2.45) is 11.1 Å². The van der Waals surface area contributed by atoms with Crippen LogP contribution in [0.15, 0.2) is 24.5 Å². The molecule has 2 heterocycles. The molecular formula is C15H18F2N4O. The molecule has 2 aromatic rings. The number of imidazole rings is 1. The van der Waals surface area contributed by atoms with Crippen molar-refractivity contribution >= 4 is 11.6 Å². The van der Waals surface area contributed by atoms with Crippen LogP contribution in [0.3, 0.4) is 0 Å². The maximum absolute atomic E-state index is 13.1. The monoisotopic (exact) mass is 308 g/mol. The summed E-state index contributed by atoms with van der Waals surface area (Å²) in [6, 6.07) is 3.63. The molecule has 1 atom stereocenters. The Labute approximate surface area is 126 Å². The van der Waals surface area contributed by atoms with E-state index in [0.717, 1.165) is 5.56 Å². The molecular weight excluding hydrogens is 290 g/mol. The predicted molar refractivity (Wildman–Crippen MR) is 77.7 cm³/mol. The zero-order valence-electron chi connectivity index (χ0n) is 12.3. The molecule has 22 heavy (non-hydrogen) atoms. The molecule has 118 valence electrons. The lowest BCUT2D eigenvalue weighted by molar-refractivity contribution is 0.0660. The first-order valence-electron chi connectivity index (χ1n) is 7.18. The van der Waals surface area contributed by atoms with Crippen molar-refractivity contribution in [1.29, 1.82) is 0 Å². The Morgan fingerprint density at radius 1 is 1.45 bits per heavy atom. The van der Waals surface area contributed by atoms with Gasteiger partial charge in [0.05, 0.1) is 0 Å². The quantitative estimate of drug-likeness (QED) is 0.887. The fourth-order valence-corrected chi connectivity index (χ4v) is 2.53. The van der Waals surface area contributed by atoms with Gasteiger partial charge in [0.1, 0.15) is 11.3 Å². The molecule has 0 aromatic carbocycles. The van der Waals surface area contributed by atoms with Crippen LogP contribution in [-0.2, 0) is 6.54 Å². The molecule has 3 rings (SSSR count). The molecule has 1 aliphatic rings. The number of rotatable bonds is 5. The molecule has 7 heteroatoms. The number of halogens is 2. The van der Waals surface area contributed by atoms with Crippen molar-refractivity contribution in [2.75, 3.05) is 6.54 Å². The predicted octanol–water partition coefficient (Wildman–Crippen LogP) is 1.96. The third-order valence-corrected chi connectivity index (χ3v) is 4.31. The minimum atomic E-state index is -2.60. The number of nitrogens with one attached hydrogen (secondary N) is 1. The van der Waals surface area contributed by atoms with Gasteiger partial charge in [0.2, 0.25) is 0 Å². The van der Waals surface area contributed by atoms with E-state index in [1.807, 2.05) is 12.3 Å². The van der Waals surface area contributed by atoms with Gasteiger partial charge in [-0.2, -0.15) is 0 Å². The summed E-state index contributed by atoms with van der Waals surface area (Å²) in [5.74, 6) is -2.95. The average molecular weight is 308 g/mol. The summed E-state index contributed by atoms with van der Waals surface area (Å²) in [6.45, 7) is 2.16. The second-order valence-corrected chi connectivity index (χ2v) is 6.08. The number of amides is 1. The number of nitrogens with two attached hydrogens (primary N) is 1. The topological polar surface area (TPSA) is 72.4 Å². The van der Waals surface area contributed by atoms with Gasteiger partial charge >= 0.3 is 0 Å². The van der Waals surface area contributed by atoms with Gasteiger partial charge in [-0.15, -0.1) is 0 Å². The normalized spacial score (nSPS) is 22.7. The largest absolute Gasteiger partial charge is 0.351 e. The first-order chi connectivity index (χ1) is 10.3. The highest BCUT2D eigenvalue weighted by atomic mass is 19.3. The molecule has 0 saturated heterocycles. The number of hydrogen-bond acceptors (Lipinski definition) is 3. The van der Waals surface area contributed by atoms with Crippen LogP contribution < -0.4 is 11.1 Å². The molecule has 1 aliphatic carbocycles. The summed E-state index contributed by atoms with van der Waals surface area (Å²) in [5, 5.41) is 2.65. The zero-order chi connectivity index (χ0) is 16.0. The van der Waals surface area contributed by atoms with E-state index in [4.69, 9.17) is 5.73 Å². The number of aromatic nitrogens is 2. The van der Waals surface area contributed by atoms with Crippen LogP contribution in [0, 0.1) is 5.41 Å². The SMILES string of the molecule is CC1(CCNC(=O)c2cn3cc(CN)ccc3n2)CC1(F)F. The minimum absolute atomic E-state index is 0.105. The van der Waals surface area contributed by atoms with Gasteiger partial charge in [-0.05, 0) is 18.1 Å². The van der Waals surface area contributed by atoms with Gasteiger partial charge < -0.3 is 15.5 Å². The van der Waals surface area contributed by atoms with E-state index < -0.39 is 11.3 Å². The number of carbonyl (C=O) groups is 1. The fraction of sp³-hybridized carbons (Fsp3) is 0.467. The second-order valence-electron chi connectivity index (χ2n) is 6.08. The van der Waals surface area contributed by atoms with Crippen molar-refractivity contribution < 1.29 is 13.6 Å². The number of nitrogens with zero attached hydrogens (tertiary/aromatic N) is 2. The van der Waals surface area contributed by atoms with Gasteiger partial charge in [0.25, 0.3) is 11.8 Å². The van der Waals surface area contributed by atoms with Crippen LogP contribution in [0.4, 0.5) is 8.78 Å². The molecule has 0 radical (unpaired) electrons. The molecule has 5 nitrogen and oxygen atoms in total. The van der Waals surface area contributed by atoms with Crippen molar-refractivity contribution in [3.63, 3.8) is 0 Å². The summed E-state index contributed by atoms with van der Waals surface area (Å²) in [4.78, 5) is 16.2. The van der Waals surface area contributed by atoms with Crippen molar-refractivity contribution in [1.82, 2.24) is 14.7 Å². The van der Waals surface area contributed by atoms with Crippen molar-refractivity contribution in [2.45, 2.75) is 32.2 Å². The van der Waals surface area contributed by atoms with Crippen LogP contribution in [0.25, 0.3) is 5.65 Å². The molecule has 0 spiro atoms. The van der Waals surface area contributed by atoms with Crippen molar-refractivity contribution in [3.05, 3.63) is 35.8 Å². The Balaban J connectivity index is 1.63. The molecule has 1 saturated carbocycles. The first kappa shape index (κ1) is 14.9. The van der Waals surface area contributed by atoms with E-state index in [9.17, 15) is 13.6 Å². The van der Waals surface area contributed by atoms with Crippen molar-refractivity contribution in [3.8, 4) is 0 Å². The zero-order valence-corrected chi connectivity index (χ0v) is 12.3. The van der Waals surface area contributed by atoms with Gasteiger partial charge in [-0.3, -0.25) is 4.79 Å². The molecule has 1 amide bonds. The molecule has 0 bridgehead atoms. The maximum Gasteiger partial charge on any atom is 0.271 e. The van der Waals surface area contributed by atoms with Gasteiger partial charge in [-0.1, -0.05) is 13.0 Å². The van der Waals surface area contributed by atoms with E-state index in [1.54, 1.807) is 23.6 Å². The van der Waals surface area contributed by atoms with Crippen LogP contribution in [0.5, 0.6) is 0 Å². The highest BCUT2D eigenvalue weighted by Crippen LogP contribution is 2.62. The van der Waals surface area contributed by atoms with E-state index in [1.165, 1.54) is 0 Å². The van der Waals surface area contributed by atoms with Gasteiger partial charge in [0, 0.05) is 37.3 Å². The number of alkyl halides is 2. The Kier molecular flexibility index (Phi) is 3.40. The smallest absolute Gasteiger partial charge is 0.271 e. The summed E-state index contributed by atoms with van der Waals surface area (Å²) in [6.07, 6.45) is 3.57. The van der Waals surface area contributed by atoms with Gasteiger partial charge in [0.15, 0.2) is 0 Å².